The van der Waals surface area contributed by atoms with Crippen molar-refractivity contribution in [2.75, 3.05) is 7.11 Å². The average Bonchev–Trinajstić information content (AvgIpc) is 3.07. The number of amides is 3. The second-order valence-corrected chi connectivity index (χ2v) is 5.24. The summed E-state index contributed by atoms with van der Waals surface area (Å²) < 4.78 is 5.02. The number of methoxy groups -OCH3 is 1. The third kappa shape index (κ3) is 2.77. The van der Waals surface area contributed by atoms with Crippen molar-refractivity contribution in [3.05, 3.63) is 40.4 Å². The zero-order valence-electron chi connectivity index (χ0n) is 11.0. The molecule has 3 amide bonds. The van der Waals surface area contributed by atoms with E-state index in [9.17, 15) is 9.59 Å². The van der Waals surface area contributed by atoms with Crippen LogP contribution in [0.25, 0.3) is 17.2 Å². The number of urea groups is 1. The van der Waals surface area contributed by atoms with Gasteiger partial charge >= 0.3 is 6.03 Å². The summed E-state index contributed by atoms with van der Waals surface area (Å²) >= 11 is 1.48. The second kappa shape index (κ2) is 5.37. The van der Waals surface area contributed by atoms with Gasteiger partial charge in [-0.25, -0.2) is 9.78 Å². The number of imide groups is 1. The summed E-state index contributed by atoms with van der Waals surface area (Å²) in [5.74, 6) is 0.141. The van der Waals surface area contributed by atoms with E-state index in [-0.39, 0.29) is 5.70 Å². The van der Waals surface area contributed by atoms with E-state index < -0.39 is 11.9 Å². The average molecular weight is 301 g/mol. The second-order valence-electron chi connectivity index (χ2n) is 4.29. The number of pyridine rings is 1. The van der Waals surface area contributed by atoms with Crippen LogP contribution in [0.1, 0.15) is 4.88 Å². The fourth-order valence-electron chi connectivity index (χ4n) is 1.88. The summed E-state index contributed by atoms with van der Waals surface area (Å²) in [6.07, 6.45) is 3.37. The Morgan fingerprint density at radius 1 is 1.24 bits per heavy atom. The molecule has 1 saturated heterocycles. The minimum Gasteiger partial charge on any atom is -0.481 e. The minimum absolute atomic E-state index is 0.251. The van der Waals surface area contributed by atoms with Crippen molar-refractivity contribution < 1.29 is 14.3 Å². The lowest BCUT2D eigenvalue weighted by atomic mass is 10.1. The third-order valence-corrected chi connectivity index (χ3v) is 3.78. The van der Waals surface area contributed by atoms with Crippen LogP contribution in [0.5, 0.6) is 5.88 Å². The molecule has 106 valence electrons. The molecule has 0 aliphatic carbocycles. The molecule has 0 atom stereocenters. The molecule has 1 aliphatic rings. The molecule has 0 bridgehead atoms. The molecule has 2 N–H and O–H groups in total. The number of ether oxygens (including phenoxy) is 1. The topological polar surface area (TPSA) is 80.3 Å². The summed E-state index contributed by atoms with van der Waals surface area (Å²) in [5.41, 5.74) is 2.20. The Morgan fingerprint density at radius 2 is 2.10 bits per heavy atom. The first kappa shape index (κ1) is 13.3. The molecule has 21 heavy (non-hydrogen) atoms. The molecule has 0 radical (unpaired) electrons. The zero-order valence-corrected chi connectivity index (χ0v) is 11.9. The van der Waals surface area contributed by atoms with E-state index in [0.29, 0.717) is 5.88 Å². The molecule has 3 heterocycles. The van der Waals surface area contributed by atoms with Crippen LogP contribution < -0.4 is 15.4 Å². The lowest BCUT2D eigenvalue weighted by Crippen LogP contribution is -2.22. The highest BCUT2D eigenvalue weighted by Crippen LogP contribution is 2.27. The van der Waals surface area contributed by atoms with E-state index in [1.54, 1.807) is 25.4 Å². The largest absolute Gasteiger partial charge is 0.481 e. The molecule has 6 nitrogen and oxygen atoms in total. The Hall–Kier alpha value is -2.67. The van der Waals surface area contributed by atoms with E-state index in [4.69, 9.17) is 4.74 Å². The maximum atomic E-state index is 11.5. The predicted molar refractivity (Wildman–Crippen MR) is 78.8 cm³/mol. The van der Waals surface area contributed by atoms with E-state index in [0.717, 1.165) is 16.0 Å². The van der Waals surface area contributed by atoms with Crippen LogP contribution in [0.15, 0.2) is 35.5 Å². The Balaban J connectivity index is 1.84. The summed E-state index contributed by atoms with van der Waals surface area (Å²) in [7, 11) is 1.57. The normalized spacial score (nSPS) is 16.0. The number of nitrogens with zero attached hydrogens (tertiary/aromatic N) is 1. The molecule has 2 aromatic rings. The quantitative estimate of drug-likeness (QED) is 0.671. The number of rotatable bonds is 3. The van der Waals surface area contributed by atoms with Gasteiger partial charge in [-0.3, -0.25) is 10.1 Å². The zero-order chi connectivity index (χ0) is 14.8. The predicted octanol–water partition coefficient (Wildman–Crippen LogP) is 2.00. The molecular weight excluding hydrogens is 290 g/mol. The number of hydrogen-bond donors (Lipinski definition) is 2. The van der Waals surface area contributed by atoms with Crippen LogP contribution >= 0.6 is 11.3 Å². The van der Waals surface area contributed by atoms with Crippen molar-refractivity contribution in [2.45, 2.75) is 0 Å². The Bertz CT molecular complexity index is 734. The highest BCUT2D eigenvalue weighted by Gasteiger charge is 2.22. The lowest BCUT2D eigenvalue weighted by molar-refractivity contribution is -0.115. The number of thiophene rings is 1. The number of hydrogen-bond acceptors (Lipinski definition) is 5. The monoisotopic (exact) mass is 301 g/mol. The van der Waals surface area contributed by atoms with E-state index in [1.807, 2.05) is 17.5 Å². The van der Waals surface area contributed by atoms with Crippen LogP contribution in [-0.4, -0.2) is 24.0 Å². The Morgan fingerprint density at radius 3 is 2.71 bits per heavy atom. The molecule has 2 aromatic heterocycles. The molecule has 1 fully saturated rings. The first-order chi connectivity index (χ1) is 10.2. The fraction of sp³-hybridized carbons (Fsp3) is 0.0714. The molecule has 0 aromatic carbocycles. The van der Waals surface area contributed by atoms with Gasteiger partial charge in [-0.1, -0.05) is 0 Å². The number of carbonyl (C=O) groups is 2. The Kier molecular flexibility index (Phi) is 3.41. The van der Waals surface area contributed by atoms with Crippen molar-refractivity contribution in [3.8, 4) is 17.0 Å². The van der Waals surface area contributed by atoms with Crippen LogP contribution in [0, 0.1) is 0 Å². The fourth-order valence-corrected chi connectivity index (χ4v) is 2.72. The number of nitrogens with one attached hydrogen (secondary N) is 2. The first-order valence-corrected chi connectivity index (χ1v) is 6.96. The van der Waals surface area contributed by atoms with Crippen molar-refractivity contribution >= 4 is 29.4 Å². The number of aromatic nitrogens is 1. The molecule has 0 unspecified atom stereocenters. The van der Waals surface area contributed by atoms with Crippen LogP contribution in [0.2, 0.25) is 0 Å². The SMILES string of the molecule is COc1ccc(-c2csc(/C=C3/NC(=O)NC3=O)c2)cn1. The first-order valence-electron chi connectivity index (χ1n) is 6.08. The van der Waals surface area contributed by atoms with Crippen molar-refractivity contribution in [1.82, 2.24) is 15.6 Å². The van der Waals surface area contributed by atoms with Crippen LogP contribution in [-0.2, 0) is 4.79 Å². The van der Waals surface area contributed by atoms with Crippen LogP contribution in [0.3, 0.4) is 0 Å². The van der Waals surface area contributed by atoms with Crippen molar-refractivity contribution in [3.63, 3.8) is 0 Å². The van der Waals surface area contributed by atoms with E-state index in [2.05, 4.69) is 15.6 Å². The van der Waals surface area contributed by atoms with Gasteiger partial charge in [0.05, 0.1) is 7.11 Å². The van der Waals surface area contributed by atoms with Gasteiger partial charge in [0, 0.05) is 22.7 Å². The van der Waals surface area contributed by atoms with Gasteiger partial charge in [0.1, 0.15) is 5.70 Å². The highest BCUT2D eigenvalue weighted by atomic mass is 32.1. The molecule has 0 saturated carbocycles. The van der Waals surface area contributed by atoms with Gasteiger partial charge in [-0.2, -0.15) is 0 Å². The summed E-state index contributed by atoms with van der Waals surface area (Å²) in [4.78, 5) is 27.5. The summed E-state index contributed by atoms with van der Waals surface area (Å²) in [6.45, 7) is 0. The Labute approximate surface area is 124 Å². The maximum absolute atomic E-state index is 11.5. The smallest absolute Gasteiger partial charge is 0.326 e. The van der Waals surface area contributed by atoms with Gasteiger partial charge in [0.2, 0.25) is 5.88 Å². The highest BCUT2D eigenvalue weighted by molar-refractivity contribution is 7.11. The van der Waals surface area contributed by atoms with Gasteiger partial charge in [-0.15, -0.1) is 11.3 Å². The minimum atomic E-state index is -0.498. The molecule has 3 rings (SSSR count). The lowest BCUT2D eigenvalue weighted by Gasteiger charge is -1.99. The van der Waals surface area contributed by atoms with E-state index in [1.165, 1.54) is 11.3 Å². The number of carbonyl (C=O) groups excluding carboxylic acids is 2. The van der Waals surface area contributed by atoms with Crippen molar-refractivity contribution in [1.29, 1.82) is 0 Å². The van der Waals surface area contributed by atoms with Gasteiger partial charge in [0.15, 0.2) is 0 Å². The molecular formula is C14H11N3O3S. The standard InChI is InChI=1S/C14H11N3O3S/c1-20-12-3-2-8(6-15-12)9-4-10(21-7-9)5-11-13(18)17-14(19)16-11/h2-7H,1H3,(H2,16,17,18,19)/b11-5+. The van der Waals surface area contributed by atoms with Gasteiger partial charge < -0.3 is 10.1 Å². The third-order valence-electron chi connectivity index (χ3n) is 2.91. The maximum Gasteiger partial charge on any atom is 0.326 e. The van der Waals surface area contributed by atoms with E-state index >= 15 is 0 Å². The van der Waals surface area contributed by atoms with Gasteiger partial charge in [-0.05, 0) is 29.2 Å². The van der Waals surface area contributed by atoms with Gasteiger partial charge in [0.25, 0.3) is 5.91 Å². The molecule has 7 heteroatoms. The molecule has 1 aliphatic heterocycles. The summed E-state index contributed by atoms with van der Waals surface area (Å²) in [6, 6.07) is 5.13. The van der Waals surface area contributed by atoms with Crippen LogP contribution in [0.4, 0.5) is 4.79 Å². The molecule has 0 spiro atoms. The van der Waals surface area contributed by atoms with Crippen molar-refractivity contribution in [2.24, 2.45) is 0 Å². The summed E-state index contributed by atoms with van der Waals surface area (Å²) in [5, 5.41) is 6.58.